The largest absolute Gasteiger partial charge is 0.508 e. The quantitative estimate of drug-likeness (QED) is 0.622. The third-order valence-electron chi connectivity index (χ3n) is 4.26. The summed E-state index contributed by atoms with van der Waals surface area (Å²) in [6.45, 7) is 1.91. The molecule has 1 aromatic heterocycles. The number of aromatic carboxylic acids is 1. The smallest absolute Gasteiger partial charge is 0.337 e. The summed E-state index contributed by atoms with van der Waals surface area (Å²) in [5.74, 6) is -1.17. The number of carbonyl (C=O) groups is 2. The number of aryl methyl sites for hydroxylation is 1. The van der Waals surface area contributed by atoms with Gasteiger partial charge in [0.2, 0.25) is 5.91 Å². The highest BCUT2D eigenvalue weighted by atomic mass is 16.4. The van der Waals surface area contributed by atoms with Crippen molar-refractivity contribution in [3.05, 3.63) is 71.5 Å². The van der Waals surface area contributed by atoms with Crippen LogP contribution in [0.2, 0.25) is 0 Å². The number of hydrogen-bond acceptors (Lipinski definition) is 4. The van der Waals surface area contributed by atoms with Gasteiger partial charge < -0.3 is 15.5 Å². The second kappa shape index (κ2) is 7.74. The van der Waals surface area contributed by atoms with Crippen LogP contribution in [0.5, 0.6) is 5.75 Å². The molecule has 138 valence electrons. The van der Waals surface area contributed by atoms with Gasteiger partial charge in [-0.15, -0.1) is 0 Å². The first-order valence-electron chi connectivity index (χ1n) is 8.41. The number of nitrogens with zero attached hydrogens (tertiary/aromatic N) is 2. The Labute approximate surface area is 155 Å². The van der Waals surface area contributed by atoms with Crippen molar-refractivity contribution >= 4 is 17.6 Å². The molecule has 0 aliphatic carbocycles. The van der Waals surface area contributed by atoms with Gasteiger partial charge in [-0.1, -0.05) is 12.1 Å². The molecule has 3 aromatic rings. The number of phenols is 1. The van der Waals surface area contributed by atoms with Crippen molar-refractivity contribution in [3.63, 3.8) is 0 Å². The average molecular weight is 365 g/mol. The lowest BCUT2D eigenvalue weighted by molar-refractivity contribution is -0.116. The van der Waals surface area contributed by atoms with Crippen LogP contribution in [0, 0.1) is 6.92 Å². The molecule has 0 aliphatic rings. The van der Waals surface area contributed by atoms with E-state index in [9.17, 15) is 19.8 Å². The van der Waals surface area contributed by atoms with E-state index in [1.807, 2.05) is 6.92 Å². The topological polar surface area (TPSA) is 104 Å². The zero-order valence-electron chi connectivity index (χ0n) is 14.7. The first kappa shape index (κ1) is 18.2. The maximum absolute atomic E-state index is 12.2. The van der Waals surface area contributed by atoms with Gasteiger partial charge in [-0.25, -0.2) is 9.48 Å². The number of aromatic hydroxyl groups is 1. The Kier molecular flexibility index (Phi) is 5.21. The third kappa shape index (κ3) is 4.14. The molecule has 0 saturated heterocycles. The maximum Gasteiger partial charge on any atom is 0.337 e. The normalized spacial score (nSPS) is 10.6. The SMILES string of the molecule is Cc1c(CCC(=O)Nc2ccccc2C(=O)O)cnn1-c1ccc(O)cc1. The Hall–Kier alpha value is -3.61. The van der Waals surface area contributed by atoms with E-state index in [0.29, 0.717) is 6.42 Å². The molecule has 0 aliphatic heterocycles. The Morgan fingerprint density at radius 3 is 2.52 bits per heavy atom. The summed E-state index contributed by atoms with van der Waals surface area (Å²) in [5.41, 5.74) is 2.98. The molecule has 0 radical (unpaired) electrons. The Morgan fingerprint density at radius 2 is 1.81 bits per heavy atom. The van der Waals surface area contributed by atoms with Gasteiger partial charge in [0.1, 0.15) is 5.75 Å². The molecule has 2 aromatic carbocycles. The van der Waals surface area contributed by atoms with Gasteiger partial charge in [-0.2, -0.15) is 5.10 Å². The van der Waals surface area contributed by atoms with Crippen LogP contribution in [0.1, 0.15) is 28.0 Å². The molecule has 0 saturated carbocycles. The summed E-state index contributed by atoms with van der Waals surface area (Å²) in [6.07, 6.45) is 2.39. The van der Waals surface area contributed by atoms with Crippen molar-refractivity contribution in [1.82, 2.24) is 9.78 Å². The molecule has 3 N–H and O–H groups in total. The van der Waals surface area contributed by atoms with Gasteiger partial charge in [0.05, 0.1) is 23.1 Å². The molecule has 0 bridgehead atoms. The summed E-state index contributed by atoms with van der Waals surface area (Å²) in [7, 11) is 0. The predicted octanol–water partition coefficient (Wildman–Crippen LogP) is 3.16. The molecule has 7 heteroatoms. The number of carboxylic acids is 1. The molecule has 27 heavy (non-hydrogen) atoms. The fourth-order valence-corrected chi connectivity index (χ4v) is 2.78. The van der Waals surface area contributed by atoms with Gasteiger partial charge in [0, 0.05) is 12.1 Å². The Bertz CT molecular complexity index is 977. The Morgan fingerprint density at radius 1 is 1.11 bits per heavy atom. The van der Waals surface area contributed by atoms with E-state index >= 15 is 0 Å². The van der Waals surface area contributed by atoms with Crippen LogP contribution < -0.4 is 5.32 Å². The summed E-state index contributed by atoms with van der Waals surface area (Å²) in [5, 5.41) is 25.6. The van der Waals surface area contributed by atoms with E-state index in [1.54, 1.807) is 53.3 Å². The zero-order valence-corrected chi connectivity index (χ0v) is 14.7. The van der Waals surface area contributed by atoms with Crippen molar-refractivity contribution in [1.29, 1.82) is 0 Å². The fourth-order valence-electron chi connectivity index (χ4n) is 2.78. The summed E-state index contributed by atoms with van der Waals surface area (Å²) < 4.78 is 1.74. The van der Waals surface area contributed by atoms with E-state index < -0.39 is 5.97 Å². The average Bonchev–Trinajstić information content (AvgIpc) is 3.01. The highest BCUT2D eigenvalue weighted by Gasteiger charge is 2.13. The number of benzene rings is 2. The van der Waals surface area contributed by atoms with Gasteiger partial charge >= 0.3 is 5.97 Å². The van der Waals surface area contributed by atoms with E-state index in [4.69, 9.17) is 0 Å². The summed E-state index contributed by atoms with van der Waals surface area (Å²) in [4.78, 5) is 23.4. The number of para-hydroxylation sites is 1. The number of aromatic nitrogens is 2. The number of carboxylic acid groups (broad SMARTS) is 1. The predicted molar refractivity (Wildman–Crippen MR) is 100 cm³/mol. The van der Waals surface area contributed by atoms with E-state index in [0.717, 1.165) is 16.9 Å². The number of hydrogen-bond donors (Lipinski definition) is 3. The molecular formula is C20H19N3O4. The first-order valence-corrected chi connectivity index (χ1v) is 8.41. The van der Waals surface area contributed by atoms with Crippen molar-refractivity contribution in [2.75, 3.05) is 5.32 Å². The van der Waals surface area contributed by atoms with Crippen LogP contribution in [0.4, 0.5) is 5.69 Å². The van der Waals surface area contributed by atoms with E-state index in [2.05, 4.69) is 10.4 Å². The lowest BCUT2D eigenvalue weighted by atomic mass is 10.1. The minimum atomic E-state index is -1.09. The number of rotatable bonds is 6. The lowest BCUT2D eigenvalue weighted by Gasteiger charge is -2.08. The zero-order chi connectivity index (χ0) is 19.4. The van der Waals surface area contributed by atoms with Crippen molar-refractivity contribution in [3.8, 4) is 11.4 Å². The minimum Gasteiger partial charge on any atom is -0.508 e. The number of carbonyl (C=O) groups excluding carboxylic acids is 1. The van der Waals surface area contributed by atoms with Crippen LogP contribution in [-0.2, 0) is 11.2 Å². The van der Waals surface area contributed by atoms with Crippen LogP contribution in [0.25, 0.3) is 5.69 Å². The highest BCUT2D eigenvalue weighted by molar-refractivity contribution is 6.00. The van der Waals surface area contributed by atoms with Crippen LogP contribution >= 0.6 is 0 Å². The molecule has 3 rings (SSSR count). The molecule has 1 amide bonds. The lowest BCUT2D eigenvalue weighted by Crippen LogP contribution is -2.15. The molecule has 0 fully saturated rings. The number of anilines is 1. The van der Waals surface area contributed by atoms with Crippen LogP contribution in [0.15, 0.2) is 54.7 Å². The standard InChI is InChI=1S/C20H19N3O4/c1-13-14(12-21-23(13)15-7-9-16(24)10-8-15)6-11-19(25)22-18-5-3-2-4-17(18)20(26)27/h2-5,7-10,12,24H,6,11H2,1H3,(H,22,25)(H,26,27). The first-order chi connectivity index (χ1) is 13.0. The summed E-state index contributed by atoms with van der Waals surface area (Å²) in [6, 6.07) is 13.0. The van der Waals surface area contributed by atoms with Gasteiger partial charge in [-0.05, 0) is 55.3 Å². The Balaban J connectivity index is 1.66. The summed E-state index contributed by atoms with van der Waals surface area (Å²) >= 11 is 0. The molecule has 0 unspecified atom stereocenters. The monoisotopic (exact) mass is 365 g/mol. The van der Waals surface area contributed by atoms with Crippen molar-refractivity contribution in [2.45, 2.75) is 19.8 Å². The van der Waals surface area contributed by atoms with Gasteiger partial charge in [0.15, 0.2) is 0 Å². The minimum absolute atomic E-state index is 0.0576. The van der Waals surface area contributed by atoms with Crippen LogP contribution in [0.3, 0.4) is 0 Å². The maximum atomic E-state index is 12.2. The highest BCUT2D eigenvalue weighted by Crippen LogP contribution is 2.19. The number of amides is 1. The number of nitrogens with one attached hydrogen (secondary N) is 1. The van der Waals surface area contributed by atoms with Gasteiger partial charge in [0.25, 0.3) is 0 Å². The third-order valence-corrected chi connectivity index (χ3v) is 4.26. The number of phenolic OH excluding ortho intramolecular Hbond substituents is 1. The van der Waals surface area contributed by atoms with Crippen LogP contribution in [-0.4, -0.2) is 31.9 Å². The molecule has 0 spiro atoms. The van der Waals surface area contributed by atoms with E-state index in [1.165, 1.54) is 6.07 Å². The van der Waals surface area contributed by atoms with Gasteiger partial charge in [-0.3, -0.25) is 4.79 Å². The molecule has 0 atom stereocenters. The fraction of sp³-hybridized carbons (Fsp3) is 0.150. The second-order valence-corrected chi connectivity index (χ2v) is 6.08. The van der Waals surface area contributed by atoms with E-state index in [-0.39, 0.29) is 29.3 Å². The molecule has 1 heterocycles. The molecular weight excluding hydrogens is 346 g/mol. The van der Waals surface area contributed by atoms with Crippen molar-refractivity contribution in [2.24, 2.45) is 0 Å². The van der Waals surface area contributed by atoms with Crippen molar-refractivity contribution < 1.29 is 19.8 Å². The second-order valence-electron chi connectivity index (χ2n) is 6.08. The molecule has 7 nitrogen and oxygen atoms in total.